The number of ether oxygens (including phenoxy) is 3. The molecule has 1 aliphatic heterocycles. The number of esters is 1. The minimum absolute atomic E-state index is 0. The molecule has 0 bridgehead atoms. The molecule has 0 saturated carbocycles. The number of allylic oxidation sites excluding steroid dienone is 2. The molecule has 4 aromatic rings. The van der Waals surface area contributed by atoms with Gasteiger partial charge in [-0.25, -0.2) is 27.6 Å². The smallest absolute Gasteiger partial charge is 0.790 e. The summed E-state index contributed by atoms with van der Waals surface area (Å²) in [6, 6.07) is 14.2. The molecule has 0 amide bonds. The summed E-state index contributed by atoms with van der Waals surface area (Å²) < 4.78 is 79.1. The van der Waals surface area contributed by atoms with Gasteiger partial charge in [0.25, 0.3) is 0 Å². The van der Waals surface area contributed by atoms with Crippen molar-refractivity contribution in [1.82, 2.24) is 14.8 Å². The van der Waals surface area contributed by atoms with E-state index in [1.807, 2.05) is 12.1 Å². The van der Waals surface area contributed by atoms with E-state index in [1.54, 1.807) is 25.2 Å². The quantitative estimate of drug-likeness (QED) is 0.0630. The fraction of sp³-hybridized carbons (Fsp3) is 0.250. The maximum atomic E-state index is 15.8. The summed E-state index contributed by atoms with van der Waals surface area (Å²) in [5.41, 5.74) is -2.24. The summed E-state index contributed by atoms with van der Waals surface area (Å²) in [5, 5.41) is 21.3. The molecular formula is C36H29F3N5Na2O8PS. The minimum atomic E-state index is -5.48. The number of phosphoric ester groups is 1. The van der Waals surface area contributed by atoms with Crippen molar-refractivity contribution < 1.29 is 110 Å². The van der Waals surface area contributed by atoms with Gasteiger partial charge in [0, 0.05) is 22.4 Å². The number of aromatic nitrogens is 3. The van der Waals surface area contributed by atoms with Gasteiger partial charge < -0.3 is 33.1 Å². The average Bonchev–Trinajstić information content (AvgIpc) is 3.66. The van der Waals surface area contributed by atoms with Gasteiger partial charge in [-0.15, -0.1) is 11.8 Å². The molecule has 280 valence electrons. The third-order valence-electron chi connectivity index (χ3n) is 8.09. The van der Waals surface area contributed by atoms with Crippen LogP contribution in [0.1, 0.15) is 45.1 Å². The van der Waals surface area contributed by atoms with Crippen LogP contribution in [0.2, 0.25) is 0 Å². The Bertz CT molecular complexity index is 2180. The first-order valence-electron chi connectivity index (χ1n) is 15.9. The normalized spacial score (nSPS) is 17.2. The maximum Gasteiger partial charge on any atom is 1.00 e. The van der Waals surface area contributed by atoms with Crippen molar-refractivity contribution in [2.75, 3.05) is 13.2 Å². The van der Waals surface area contributed by atoms with E-state index >= 15 is 4.39 Å². The first-order valence-corrected chi connectivity index (χ1v) is 18.3. The van der Waals surface area contributed by atoms with Crippen LogP contribution in [0, 0.1) is 40.1 Å². The van der Waals surface area contributed by atoms with Crippen molar-refractivity contribution in [2.45, 2.75) is 42.5 Å². The molecule has 2 heterocycles. The van der Waals surface area contributed by atoms with E-state index in [-0.39, 0.29) is 112 Å². The minimum Gasteiger partial charge on any atom is -0.790 e. The number of hydrogen-bond donors (Lipinski definition) is 0. The summed E-state index contributed by atoms with van der Waals surface area (Å²) in [6.45, 7) is 0.667. The molecule has 2 atom stereocenters. The van der Waals surface area contributed by atoms with Crippen LogP contribution in [0.15, 0.2) is 85.5 Å². The second-order valence-corrected chi connectivity index (χ2v) is 14.5. The Morgan fingerprint density at radius 3 is 2.38 bits per heavy atom. The molecule has 3 aromatic carbocycles. The Morgan fingerprint density at radius 1 is 1.05 bits per heavy atom. The zero-order valence-electron chi connectivity index (χ0n) is 30.2. The van der Waals surface area contributed by atoms with Crippen molar-refractivity contribution in [3.05, 3.63) is 136 Å². The molecule has 0 radical (unpaired) electrons. The van der Waals surface area contributed by atoms with Crippen LogP contribution in [-0.4, -0.2) is 50.7 Å². The maximum absolute atomic E-state index is 15.8. The average molecular weight is 826 g/mol. The number of carbonyl (C=O) groups excluding carboxylic acids is 1. The molecule has 56 heavy (non-hydrogen) atoms. The third kappa shape index (κ3) is 12.7. The van der Waals surface area contributed by atoms with Crippen LogP contribution in [0.3, 0.4) is 0 Å². The number of nitrogens with zero attached hydrogens (tertiary/aromatic N) is 5. The van der Waals surface area contributed by atoms with Crippen LogP contribution < -0.4 is 68.9 Å². The van der Waals surface area contributed by atoms with Gasteiger partial charge >= 0.3 is 65.1 Å². The van der Waals surface area contributed by atoms with Gasteiger partial charge in [0.15, 0.2) is 11.9 Å². The number of halogens is 3. The summed E-state index contributed by atoms with van der Waals surface area (Å²) in [7, 11) is -5.48. The largest absolute Gasteiger partial charge is 1.00 e. The molecule has 1 fully saturated rings. The van der Waals surface area contributed by atoms with Crippen molar-refractivity contribution in [3.63, 3.8) is 0 Å². The predicted octanol–water partition coefficient (Wildman–Crippen LogP) is -1.32. The first-order chi connectivity index (χ1) is 25.8. The Labute approximate surface area is 368 Å². The fourth-order valence-corrected chi connectivity index (χ4v) is 7.11. The van der Waals surface area contributed by atoms with E-state index in [0.29, 0.717) is 6.07 Å². The number of carbonyl (C=O) groups is 1. The summed E-state index contributed by atoms with van der Waals surface area (Å²) in [6.07, 6.45) is 8.02. The van der Waals surface area contributed by atoms with Crippen LogP contribution >= 0.6 is 19.6 Å². The van der Waals surface area contributed by atoms with E-state index < -0.39 is 60.2 Å². The van der Waals surface area contributed by atoms with Crippen molar-refractivity contribution in [2.24, 2.45) is 0 Å². The molecule has 0 unspecified atom stereocenters. The van der Waals surface area contributed by atoms with Gasteiger partial charge in [-0.1, -0.05) is 30.4 Å². The molecule has 0 aliphatic carbocycles. The second kappa shape index (κ2) is 21.6. The SMILES string of the molecule is C[C@@H](SC1COC(/C=C/C=C/c2ccc(C#N)cc2F)OC1)[C@@](Cn1cncn1)(OC(=O)c1cc(C#N)ccc1COP(=O)([O-])[O-])c1ccc(F)cc1F.[Na+].[Na+]. The number of nitriles is 2. The Balaban J connectivity index is 0.00000420. The standard InChI is InChI=1S/C36H31F3N5O8PS.2Na/c1-23(54-29-18-49-34(50-19-29)5-3-2-4-26-8-6-25(16-41)13-32(26)38)36(20-44-22-42-21-43-44,31-11-10-28(37)14-33(31)39)52-35(45)30-12-24(15-40)7-9-27(30)17-51-53(46,47)48;;/h2-14,21-23,29,34H,17-20H2,1H3,(H2,46,47,48);;/q;2*+1/p-2/b4-2+,5-3+;;/t23-,29?,34?,36-;;/m1../s1. The van der Waals surface area contributed by atoms with E-state index in [0.717, 1.165) is 24.3 Å². The number of benzene rings is 3. The van der Waals surface area contributed by atoms with E-state index in [1.165, 1.54) is 59.4 Å². The topological polar surface area (TPSA) is 195 Å². The van der Waals surface area contributed by atoms with Crippen LogP contribution in [0.25, 0.3) is 6.08 Å². The summed E-state index contributed by atoms with van der Waals surface area (Å²) in [4.78, 5) is 40.5. The predicted molar refractivity (Wildman–Crippen MR) is 183 cm³/mol. The van der Waals surface area contributed by atoms with Crippen LogP contribution in [-0.2, 0) is 42.1 Å². The van der Waals surface area contributed by atoms with E-state index in [4.69, 9.17) is 19.5 Å². The Hall–Kier alpha value is -3.10. The van der Waals surface area contributed by atoms with Crippen molar-refractivity contribution >= 4 is 31.6 Å². The van der Waals surface area contributed by atoms with Gasteiger partial charge in [0.1, 0.15) is 30.1 Å². The second-order valence-electron chi connectivity index (χ2n) is 11.7. The Kier molecular flexibility index (Phi) is 18.2. The van der Waals surface area contributed by atoms with Gasteiger partial charge in [-0.2, -0.15) is 15.6 Å². The third-order valence-corrected chi connectivity index (χ3v) is 9.98. The molecule has 1 aromatic heterocycles. The zero-order chi connectivity index (χ0) is 38.9. The first kappa shape index (κ1) is 47.3. The zero-order valence-corrected chi connectivity index (χ0v) is 35.9. The van der Waals surface area contributed by atoms with Crippen molar-refractivity contribution in [3.8, 4) is 12.1 Å². The van der Waals surface area contributed by atoms with Crippen molar-refractivity contribution in [1.29, 1.82) is 10.5 Å². The molecule has 1 saturated heterocycles. The van der Waals surface area contributed by atoms with Gasteiger partial charge in [0.2, 0.25) is 0 Å². The van der Waals surface area contributed by atoms with Gasteiger partial charge in [0.05, 0.1) is 68.3 Å². The molecule has 0 N–H and O–H groups in total. The van der Waals surface area contributed by atoms with Crippen LogP contribution in [0.5, 0.6) is 0 Å². The summed E-state index contributed by atoms with van der Waals surface area (Å²) in [5.74, 6) is -3.66. The molecule has 1 aliphatic rings. The number of hydrogen-bond acceptors (Lipinski definition) is 13. The molecule has 0 spiro atoms. The van der Waals surface area contributed by atoms with E-state index in [2.05, 4.69) is 14.6 Å². The summed E-state index contributed by atoms with van der Waals surface area (Å²) >= 11 is 1.20. The molecule has 13 nitrogen and oxygen atoms in total. The fourth-order valence-electron chi connectivity index (χ4n) is 5.46. The number of rotatable bonds is 14. The molecular weight excluding hydrogens is 796 g/mol. The Morgan fingerprint density at radius 2 is 1.75 bits per heavy atom. The monoisotopic (exact) mass is 825 g/mol. The molecule has 5 rings (SSSR count). The van der Waals surface area contributed by atoms with Gasteiger partial charge in [-0.3, -0.25) is 0 Å². The van der Waals surface area contributed by atoms with Gasteiger partial charge in [-0.05, 0) is 55.0 Å². The molecule has 20 heteroatoms. The van der Waals surface area contributed by atoms with Crippen LogP contribution in [0.4, 0.5) is 13.2 Å². The number of phosphoric acid groups is 1. The van der Waals surface area contributed by atoms with E-state index in [9.17, 15) is 33.2 Å². The number of thioether (sulfide) groups is 1.